The van der Waals surface area contributed by atoms with Gasteiger partial charge in [0.2, 0.25) is 5.91 Å². The number of β-amino-alcohol motifs (C(OH)–C–C–N with tert-alkyl or cyclic N) is 1. The lowest BCUT2D eigenvalue weighted by Crippen LogP contribution is -2.31. The second-order valence-electron chi connectivity index (χ2n) is 9.27. The third-order valence-corrected chi connectivity index (χ3v) is 6.64. The van der Waals surface area contributed by atoms with E-state index >= 15 is 0 Å². The quantitative estimate of drug-likeness (QED) is 0.752. The molecule has 1 amide bonds. The van der Waals surface area contributed by atoms with E-state index in [1.54, 1.807) is 6.20 Å². The summed E-state index contributed by atoms with van der Waals surface area (Å²) in [6, 6.07) is 12.3. The predicted molar refractivity (Wildman–Crippen MR) is 112 cm³/mol. The van der Waals surface area contributed by atoms with Crippen molar-refractivity contribution in [3.63, 3.8) is 0 Å². The van der Waals surface area contributed by atoms with Crippen LogP contribution in [0.1, 0.15) is 31.0 Å². The van der Waals surface area contributed by atoms with E-state index in [1.807, 2.05) is 17.0 Å². The van der Waals surface area contributed by atoms with Crippen LogP contribution in [0.2, 0.25) is 0 Å². The Morgan fingerprint density at radius 1 is 1.34 bits per heavy atom. The number of aliphatic hydroxyl groups is 1. The van der Waals surface area contributed by atoms with Crippen LogP contribution in [0, 0.1) is 17.3 Å². The van der Waals surface area contributed by atoms with E-state index in [4.69, 9.17) is 0 Å². The second-order valence-corrected chi connectivity index (χ2v) is 9.27. The van der Waals surface area contributed by atoms with Crippen molar-refractivity contribution in [2.45, 2.75) is 32.3 Å². The maximum absolute atomic E-state index is 12.8. The maximum Gasteiger partial charge on any atom is 0.228 e. The summed E-state index contributed by atoms with van der Waals surface area (Å²) in [5, 5.41) is 17.9. The Morgan fingerprint density at radius 3 is 2.76 bits per heavy atom. The van der Waals surface area contributed by atoms with Crippen LogP contribution in [-0.4, -0.2) is 70.3 Å². The topological polar surface area (TPSA) is 72.5 Å². The number of aliphatic hydroxyl groups excluding tert-OH is 1. The van der Waals surface area contributed by atoms with Crippen molar-refractivity contribution >= 4 is 5.91 Å². The SMILES string of the molecule is CC(C)CN(C)C[C@@H]1[C@@H](c2ccccc2)[C@]12CN(C(=O)Cc1ccn[nH]1)C[C@@H]2O. The van der Waals surface area contributed by atoms with Crippen LogP contribution in [0.5, 0.6) is 0 Å². The first-order valence-electron chi connectivity index (χ1n) is 10.6. The molecule has 0 unspecified atom stereocenters. The molecule has 4 atom stereocenters. The lowest BCUT2D eigenvalue weighted by atomic mass is 9.95. The average molecular weight is 397 g/mol. The van der Waals surface area contributed by atoms with E-state index in [2.05, 4.69) is 60.3 Å². The fourth-order valence-electron chi connectivity index (χ4n) is 5.45. The number of amides is 1. The molecule has 2 aliphatic rings. The number of nitrogens with one attached hydrogen (secondary N) is 1. The zero-order valence-corrected chi connectivity index (χ0v) is 17.6. The number of aromatic amines is 1. The Bertz CT molecular complexity index is 823. The van der Waals surface area contributed by atoms with Crippen LogP contribution in [0.15, 0.2) is 42.6 Å². The largest absolute Gasteiger partial charge is 0.391 e. The summed E-state index contributed by atoms with van der Waals surface area (Å²) in [4.78, 5) is 17.1. The summed E-state index contributed by atoms with van der Waals surface area (Å²) in [5.41, 5.74) is 1.85. The van der Waals surface area contributed by atoms with Crippen molar-refractivity contribution in [3.8, 4) is 0 Å². The van der Waals surface area contributed by atoms with E-state index in [0.29, 0.717) is 37.3 Å². The number of H-pyrrole nitrogens is 1. The number of hydrogen-bond donors (Lipinski definition) is 2. The van der Waals surface area contributed by atoms with Crippen molar-refractivity contribution < 1.29 is 9.90 Å². The summed E-state index contributed by atoms with van der Waals surface area (Å²) in [5.74, 6) is 1.30. The van der Waals surface area contributed by atoms with Gasteiger partial charge in [0.15, 0.2) is 0 Å². The van der Waals surface area contributed by atoms with Gasteiger partial charge in [0.1, 0.15) is 0 Å². The number of hydrogen-bond acceptors (Lipinski definition) is 4. The minimum absolute atomic E-state index is 0.0539. The van der Waals surface area contributed by atoms with Gasteiger partial charge in [0, 0.05) is 43.5 Å². The molecule has 1 spiro atoms. The molecule has 2 heterocycles. The number of carbonyl (C=O) groups is 1. The fourth-order valence-corrected chi connectivity index (χ4v) is 5.45. The van der Waals surface area contributed by atoms with E-state index in [0.717, 1.165) is 18.8 Å². The molecule has 1 aliphatic heterocycles. The normalized spacial score (nSPS) is 28.6. The molecule has 1 aliphatic carbocycles. The van der Waals surface area contributed by atoms with Gasteiger partial charge in [0.25, 0.3) is 0 Å². The number of rotatable bonds is 7. The van der Waals surface area contributed by atoms with Crippen LogP contribution in [0.4, 0.5) is 0 Å². The van der Waals surface area contributed by atoms with Gasteiger partial charge >= 0.3 is 0 Å². The Kier molecular flexibility index (Phi) is 5.49. The molecule has 2 aromatic rings. The van der Waals surface area contributed by atoms with E-state index in [9.17, 15) is 9.90 Å². The van der Waals surface area contributed by atoms with E-state index in [1.165, 1.54) is 5.56 Å². The van der Waals surface area contributed by atoms with Gasteiger partial charge in [-0.05, 0) is 36.4 Å². The fraction of sp³-hybridized carbons (Fsp3) is 0.565. The van der Waals surface area contributed by atoms with Gasteiger partial charge in [-0.15, -0.1) is 0 Å². The molecular weight excluding hydrogens is 364 g/mol. The van der Waals surface area contributed by atoms with Crippen LogP contribution in [0.3, 0.4) is 0 Å². The van der Waals surface area contributed by atoms with Crippen molar-refractivity contribution in [3.05, 3.63) is 53.9 Å². The van der Waals surface area contributed by atoms with Gasteiger partial charge in [-0.3, -0.25) is 9.89 Å². The monoisotopic (exact) mass is 396 g/mol. The first-order valence-corrected chi connectivity index (χ1v) is 10.6. The van der Waals surface area contributed by atoms with Gasteiger partial charge in [-0.25, -0.2) is 0 Å². The van der Waals surface area contributed by atoms with E-state index < -0.39 is 6.10 Å². The molecule has 2 fully saturated rings. The highest BCUT2D eigenvalue weighted by molar-refractivity contribution is 5.79. The molecule has 2 N–H and O–H groups in total. The van der Waals surface area contributed by atoms with Gasteiger partial charge in [-0.1, -0.05) is 44.2 Å². The molecule has 1 saturated carbocycles. The number of aromatic nitrogens is 2. The Labute approximate surface area is 172 Å². The molecule has 1 aromatic carbocycles. The van der Waals surface area contributed by atoms with Crippen LogP contribution < -0.4 is 0 Å². The summed E-state index contributed by atoms with van der Waals surface area (Å²) in [6.45, 7) is 7.48. The molecule has 156 valence electrons. The predicted octanol–water partition coefficient (Wildman–Crippen LogP) is 2.14. The molecular formula is C23H32N4O2. The van der Waals surface area contributed by atoms with Crippen molar-refractivity contribution in [1.29, 1.82) is 0 Å². The summed E-state index contributed by atoms with van der Waals surface area (Å²) >= 11 is 0. The standard InChI is InChI=1S/C23H32N4O2/c1-16(2)12-26(3)13-19-22(17-7-5-4-6-8-17)23(19)15-27(14-20(23)28)21(29)11-18-9-10-24-25-18/h4-10,16,19-20,22,28H,11-15H2,1-3H3,(H,24,25)/t19-,20+,22-,23-/m1/s1. The molecule has 6 nitrogen and oxygen atoms in total. The van der Waals surface area contributed by atoms with Crippen molar-refractivity contribution in [2.24, 2.45) is 17.3 Å². The van der Waals surface area contributed by atoms with E-state index in [-0.39, 0.29) is 11.3 Å². The Balaban J connectivity index is 1.53. The molecule has 0 bridgehead atoms. The van der Waals surface area contributed by atoms with Crippen LogP contribution in [0.25, 0.3) is 0 Å². The minimum atomic E-state index is -0.490. The smallest absolute Gasteiger partial charge is 0.228 e. The van der Waals surface area contributed by atoms with Gasteiger partial charge in [0.05, 0.1) is 12.5 Å². The summed E-state index contributed by atoms with van der Waals surface area (Å²) < 4.78 is 0. The number of benzene rings is 1. The summed E-state index contributed by atoms with van der Waals surface area (Å²) in [6.07, 6.45) is 1.47. The summed E-state index contributed by atoms with van der Waals surface area (Å²) in [7, 11) is 2.16. The maximum atomic E-state index is 12.8. The average Bonchev–Trinajstić information content (AvgIpc) is 2.99. The molecule has 6 heteroatoms. The minimum Gasteiger partial charge on any atom is -0.391 e. The highest BCUT2D eigenvalue weighted by Gasteiger charge is 2.71. The Hall–Kier alpha value is -2.18. The second kappa shape index (κ2) is 7.92. The van der Waals surface area contributed by atoms with Gasteiger partial charge < -0.3 is 14.9 Å². The lowest BCUT2D eigenvalue weighted by molar-refractivity contribution is -0.129. The first-order chi connectivity index (χ1) is 13.9. The first kappa shape index (κ1) is 20.1. The van der Waals surface area contributed by atoms with Crippen molar-refractivity contribution in [1.82, 2.24) is 20.0 Å². The highest BCUT2D eigenvalue weighted by Crippen LogP contribution is 2.69. The molecule has 29 heavy (non-hydrogen) atoms. The number of nitrogens with zero attached hydrogens (tertiary/aromatic N) is 3. The number of carbonyl (C=O) groups excluding carboxylic acids is 1. The van der Waals surface area contributed by atoms with Crippen LogP contribution in [-0.2, 0) is 11.2 Å². The highest BCUT2D eigenvalue weighted by atomic mass is 16.3. The lowest BCUT2D eigenvalue weighted by Gasteiger charge is -2.21. The zero-order valence-electron chi connectivity index (χ0n) is 17.6. The van der Waals surface area contributed by atoms with Crippen molar-refractivity contribution in [2.75, 3.05) is 33.2 Å². The van der Waals surface area contributed by atoms with Gasteiger partial charge in [-0.2, -0.15) is 5.10 Å². The Morgan fingerprint density at radius 2 is 2.10 bits per heavy atom. The third-order valence-electron chi connectivity index (χ3n) is 6.64. The third kappa shape index (κ3) is 3.83. The molecule has 0 radical (unpaired) electrons. The number of likely N-dealkylation sites (tertiary alicyclic amines) is 1. The molecule has 1 aromatic heterocycles. The molecule has 4 rings (SSSR count). The zero-order chi connectivity index (χ0) is 20.6. The molecule has 1 saturated heterocycles. The van der Waals surface area contributed by atoms with Crippen LogP contribution >= 0.6 is 0 Å².